The Bertz CT molecular complexity index is 1060. The van der Waals surface area contributed by atoms with Gasteiger partial charge in [-0.25, -0.2) is 9.18 Å². The Kier molecular flexibility index (Phi) is 6.45. The minimum atomic E-state index is -4.56. The fraction of sp³-hybridized carbons (Fsp3) is 0.545. The van der Waals surface area contributed by atoms with E-state index in [1.165, 1.54) is 16.8 Å². The lowest BCUT2D eigenvalue weighted by molar-refractivity contribution is -0.137. The second-order valence-electron chi connectivity index (χ2n) is 8.10. The molecule has 0 spiro atoms. The summed E-state index contributed by atoms with van der Waals surface area (Å²) in [6.45, 7) is 8.12. The van der Waals surface area contributed by atoms with Gasteiger partial charge in [0.05, 0.1) is 5.56 Å². The van der Waals surface area contributed by atoms with E-state index in [4.69, 9.17) is 0 Å². The largest absolute Gasteiger partial charge is 0.416 e. The zero-order valence-electron chi connectivity index (χ0n) is 17.9. The summed E-state index contributed by atoms with van der Waals surface area (Å²) < 4.78 is 54.2. The van der Waals surface area contributed by atoms with Crippen molar-refractivity contribution >= 4 is 0 Å². The van der Waals surface area contributed by atoms with Crippen molar-refractivity contribution in [2.45, 2.75) is 51.7 Å². The predicted molar refractivity (Wildman–Crippen MR) is 110 cm³/mol. The number of rotatable bonds is 5. The number of likely N-dealkylation sites (tertiary alicyclic amines) is 1. The molecule has 0 bridgehead atoms. The van der Waals surface area contributed by atoms with Crippen LogP contribution in [0.15, 0.2) is 34.0 Å². The lowest BCUT2D eigenvalue weighted by Crippen LogP contribution is -2.33. The van der Waals surface area contributed by atoms with Gasteiger partial charge in [-0.15, -0.1) is 0 Å². The standard InChI is InChI=1S/C20H21F4N3O2.C2H6/c1-12-9-27(18(29)25-17(12)28)6-2-5-26-10-14-8-19(14,11-26)15-4-3-13(7-16(15)21)20(22,23)24;1-2/h3-4,7,9,14H,2,5-6,8,10-11H2,1H3,(H,25,28,29);1-2H3/t14?,19-;/m0./s1. The number of halogens is 4. The fourth-order valence-electron chi connectivity index (χ4n) is 4.52. The molecule has 0 amide bonds. The van der Waals surface area contributed by atoms with Crippen molar-refractivity contribution in [2.24, 2.45) is 5.92 Å². The van der Waals surface area contributed by atoms with Gasteiger partial charge in [0.15, 0.2) is 0 Å². The number of aryl methyl sites for hydroxylation is 2. The van der Waals surface area contributed by atoms with E-state index < -0.39 is 34.2 Å². The predicted octanol–water partition coefficient (Wildman–Crippen LogP) is 3.69. The normalized spacial score (nSPS) is 22.6. The molecule has 1 aliphatic heterocycles. The monoisotopic (exact) mass is 441 g/mol. The highest BCUT2D eigenvalue weighted by Gasteiger charge is 2.61. The van der Waals surface area contributed by atoms with Crippen molar-refractivity contribution in [2.75, 3.05) is 19.6 Å². The highest BCUT2D eigenvalue weighted by Crippen LogP contribution is 2.59. The minimum absolute atomic E-state index is 0.242. The van der Waals surface area contributed by atoms with Crippen LogP contribution in [0.3, 0.4) is 0 Å². The highest BCUT2D eigenvalue weighted by atomic mass is 19.4. The molecule has 2 aliphatic rings. The van der Waals surface area contributed by atoms with Gasteiger partial charge < -0.3 is 9.47 Å². The van der Waals surface area contributed by atoms with Crippen molar-refractivity contribution < 1.29 is 17.6 Å². The molecular formula is C22H27F4N3O2. The van der Waals surface area contributed by atoms with E-state index in [-0.39, 0.29) is 5.92 Å². The second kappa shape index (κ2) is 8.61. The molecule has 9 heteroatoms. The minimum Gasteiger partial charge on any atom is -0.302 e. The maximum atomic E-state index is 14.4. The molecule has 5 nitrogen and oxygen atoms in total. The number of piperidine rings is 1. The molecule has 1 saturated heterocycles. The summed E-state index contributed by atoms with van der Waals surface area (Å²) in [5, 5.41) is 0. The molecule has 1 aromatic heterocycles. The molecule has 170 valence electrons. The second-order valence-corrected chi connectivity index (χ2v) is 8.10. The van der Waals surface area contributed by atoms with Gasteiger partial charge in [-0.1, -0.05) is 19.9 Å². The summed E-state index contributed by atoms with van der Waals surface area (Å²) in [5.74, 6) is -0.550. The van der Waals surface area contributed by atoms with Crippen LogP contribution in [0.25, 0.3) is 0 Å². The number of hydrogen-bond acceptors (Lipinski definition) is 3. The SMILES string of the molecule is CC.Cc1cn(CCCN2CC3C[C@]3(c3ccc(C(F)(F)F)cc3F)C2)c(=O)[nH]c1=O. The number of nitrogens with one attached hydrogen (secondary N) is 1. The van der Waals surface area contributed by atoms with Crippen LogP contribution in [-0.2, 0) is 18.1 Å². The summed E-state index contributed by atoms with van der Waals surface area (Å²) in [7, 11) is 0. The number of nitrogens with zero attached hydrogens (tertiary/aromatic N) is 2. The molecule has 31 heavy (non-hydrogen) atoms. The molecule has 1 N–H and O–H groups in total. The smallest absolute Gasteiger partial charge is 0.302 e. The molecular weight excluding hydrogens is 414 g/mol. The van der Waals surface area contributed by atoms with Gasteiger partial charge in [0.1, 0.15) is 5.82 Å². The molecule has 2 heterocycles. The van der Waals surface area contributed by atoms with Crippen LogP contribution in [0, 0.1) is 18.7 Å². The van der Waals surface area contributed by atoms with Crippen LogP contribution >= 0.6 is 0 Å². The van der Waals surface area contributed by atoms with Crippen molar-refractivity contribution in [3.05, 3.63) is 67.7 Å². The zero-order chi connectivity index (χ0) is 23.0. The van der Waals surface area contributed by atoms with Crippen LogP contribution in [0.4, 0.5) is 17.6 Å². The van der Waals surface area contributed by atoms with E-state index in [2.05, 4.69) is 9.88 Å². The first-order valence-electron chi connectivity index (χ1n) is 10.5. The van der Waals surface area contributed by atoms with Gasteiger partial charge in [-0.05, 0) is 49.9 Å². The number of fused-ring (bicyclic) bond motifs is 1. The van der Waals surface area contributed by atoms with E-state index in [1.54, 1.807) is 6.92 Å². The Labute approximate surface area is 177 Å². The maximum absolute atomic E-state index is 14.4. The van der Waals surface area contributed by atoms with E-state index in [0.29, 0.717) is 43.2 Å². The molecule has 1 saturated carbocycles. The number of alkyl halides is 3. The molecule has 1 aromatic carbocycles. The molecule has 0 radical (unpaired) electrons. The van der Waals surface area contributed by atoms with Crippen molar-refractivity contribution in [1.29, 1.82) is 0 Å². The Morgan fingerprint density at radius 3 is 2.55 bits per heavy atom. The van der Waals surface area contributed by atoms with E-state index in [1.807, 2.05) is 13.8 Å². The van der Waals surface area contributed by atoms with Crippen molar-refractivity contribution in [3.63, 3.8) is 0 Å². The topological polar surface area (TPSA) is 58.1 Å². The lowest BCUT2D eigenvalue weighted by Gasteiger charge is -2.22. The third-order valence-corrected chi connectivity index (χ3v) is 6.11. The molecule has 4 rings (SSSR count). The Morgan fingerprint density at radius 2 is 1.90 bits per heavy atom. The third kappa shape index (κ3) is 4.61. The lowest BCUT2D eigenvalue weighted by atomic mass is 9.93. The zero-order valence-corrected chi connectivity index (χ0v) is 17.9. The van der Waals surface area contributed by atoms with E-state index >= 15 is 0 Å². The summed E-state index contributed by atoms with van der Waals surface area (Å²) >= 11 is 0. The number of aromatic nitrogens is 2. The number of H-pyrrole nitrogens is 1. The van der Waals surface area contributed by atoms with Gasteiger partial charge in [-0.2, -0.15) is 13.2 Å². The maximum Gasteiger partial charge on any atom is 0.416 e. The van der Waals surface area contributed by atoms with Crippen LogP contribution in [0.5, 0.6) is 0 Å². The summed E-state index contributed by atoms with van der Waals surface area (Å²) in [6.07, 6.45) is -1.57. The van der Waals surface area contributed by atoms with Crippen molar-refractivity contribution in [1.82, 2.24) is 14.5 Å². The summed E-state index contributed by atoms with van der Waals surface area (Å²) in [5.41, 5.74) is -1.39. The summed E-state index contributed by atoms with van der Waals surface area (Å²) in [6, 6.07) is 2.83. The molecule has 1 aliphatic carbocycles. The quantitative estimate of drug-likeness (QED) is 0.720. The van der Waals surface area contributed by atoms with Gasteiger partial charge in [0.25, 0.3) is 5.56 Å². The van der Waals surface area contributed by atoms with Gasteiger partial charge in [-0.3, -0.25) is 9.78 Å². The first kappa shape index (κ1) is 23.2. The Morgan fingerprint density at radius 1 is 1.19 bits per heavy atom. The first-order chi connectivity index (χ1) is 14.6. The number of benzene rings is 1. The van der Waals surface area contributed by atoms with Crippen LogP contribution < -0.4 is 11.2 Å². The summed E-state index contributed by atoms with van der Waals surface area (Å²) in [4.78, 5) is 27.7. The Balaban J connectivity index is 0.00000132. The van der Waals surface area contributed by atoms with Crippen LogP contribution in [0.1, 0.15) is 43.4 Å². The average Bonchev–Trinajstić information content (AvgIpc) is 3.27. The third-order valence-electron chi connectivity index (χ3n) is 6.11. The van der Waals surface area contributed by atoms with E-state index in [9.17, 15) is 27.2 Å². The highest BCUT2D eigenvalue weighted by molar-refractivity contribution is 5.40. The molecule has 2 fully saturated rings. The number of aromatic amines is 1. The van der Waals surface area contributed by atoms with E-state index in [0.717, 1.165) is 19.0 Å². The first-order valence-corrected chi connectivity index (χ1v) is 10.5. The molecule has 2 aromatic rings. The number of hydrogen-bond donors (Lipinski definition) is 1. The fourth-order valence-corrected chi connectivity index (χ4v) is 4.52. The molecule has 1 unspecified atom stereocenters. The van der Waals surface area contributed by atoms with Crippen LogP contribution in [-0.4, -0.2) is 34.1 Å². The molecule has 2 atom stereocenters. The Hall–Kier alpha value is -2.42. The van der Waals surface area contributed by atoms with Gasteiger partial charge in [0, 0.05) is 36.8 Å². The van der Waals surface area contributed by atoms with Gasteiger partial charge in [0.2, 0.25) is 0 Å². The van der Waals surface area contributed by atoms with Gasteiger partial charge >= 0.3 is 11.9 Å². The van der Waals surface area contributed by atoms with Crippen molar-refractivity contribution in [3.8, 4) is 0 Å². The average molecular weight is 441 g/mol. The van der Waals surface area contributed by atoms with Crippen LogP contribution in [0.2, 0.25) is 0 Å².